The molecule has 0 fully saturated rings. The van der Waals surface area contributed by atoms with Crippen molar-refractivity contribution in [1.82, 2.24) is 9.97 Å². The van der Waals surface area contributed by atoms with Gasteiger partial charge in [0.05, 0.1) is 23.9 Å². The number of nitrogens with zero attached hydrogens (tertiary/aromatic N) is 2. The molecular weight excluding hydrogens is 495 g/mol. The first-order valence-electron chi connectivity index (χ1n) is 10.4. The largest absolute Gasteiger partial charge is 0.495 e. The van der Waals surface area contributed by atoms with Crippen LogP contribution in [-0.4, -0.2) is 38.3 Å². The number of alkyl halides is 3. The van der Waals surface area contributed by atoms with Gasteiger partial charge in [0, 0.05) is 29.5 Å². The van der Waals surface area contributed by atoms with Crippen molar-refractivity contribution in [1.29, 1.82) is 0 Å². The summed E-state index contributed by atoms with van der Waals surface area (Å²) in [6, 6.07) is 13.4. The van der Waals surface area contributed by atoms with E-state index in [1.807, 2.05) is 0 Å². The molecule has 0 aliphatic carbocycles. The number of fused-ring (bicyclic) bond motifs is 1. The summed E-state index contributed by atoms with van der Waals surface area (Å²) >= 11 is 0. The molecule has 0 saturated carbocycles. The lowest BCUT2D eigenvalue weighted by Crippen LogP contribution is -2.19. The summed E-state index contributed by atoms with van der Waals surface area (Å²) in [6.07, 6.45) is -0.121. The van der Waals surface area contributed by atoms with Gasteiger partial charge in [0.1, 0.15) is 16.4 Å². The zero-order valence-corrected chi connectivity index (χ0v) is 19.5. The number of nitrogens with one attached hydrogen (secondary N) is 1. The summed E-state index contributed by atoms with van der Waals surface area (Å²) in [6.45, 7) is -1.52. The van der Waals surface area contributed by atoms with Crippen LogP contribution in [0.5, 0.6) is 11.5 Å². The van der Waals surface area contributed by atoms with Crippen LogP contribution in [0.15, 0.2) is 78.1 Å². The van der Waals surface area contributed by atoms with Crippen molar-refractivity contribution < 1.29 is 31.1 Å². The van der Waals surface area contributed by atoms with Crippen LogP contribution in [0.2, 0.25) is 0 Å². The zero-order valence-electron chi connectivity index (χ0n) is 18.7. The standard InChI is InChI=1S/C25H18F3N3O4S/c1-34-21-12-14-29-15-18(21)9-8-17-5-2-3-7-20(17)31-36(32,33)23-11-10-22(35-16-25(26,27)28)19-6-4-13-30-24(19)23/h2-7,10-15,31H,16H2,1H3. The Kier molecular flexibility index (Phi) is 6.98. The molecule has 2 aromatic heterocycles. The summed E-state index contributed by atoms with van der Waals surface area (Å²) < 4.78 is 77.2. The van der Waals surface area contributed by atoms with E-state index in [4.69, 9.17) is 9.47 Å². The number of rotatable bonds is 6. The Bertz CT molecular complexity index is 1580. The maximum absolute atomic E-state index is 13.3. The minimum atomic E-state index is -4.55. The van der Waals surface area contributed by atoms with Gasteiger partial charge in [0.15, 0.2) is 6.61 Å². The quantitative estimate of drug-likeness (QED) is 0.373. The first-order chi connectivity index (χ1) is 17.2. The summed E-state index contributed by atoms with van der Waals surface area (Å²) in [5.74, 6) is 6.21. The predicted molar refractivity (Wildman–Crippen MR) is 127 cm³/mol. The maximum atomic E-state index is 13.3. The van der Waals surface area contributed by atoms with E-state index in [0.717, 1.165) is 6.07 Å². The summed E-state index contributed by atoms with van der Waals surface area (Å²) in [7, 11) is -2.71. The van der Waals surface area contributed by atoms with Crippen molar-refractivity contribution in [2.75, 3.05) is 18.4 Å². The first-order valence-corrected chi connectivity index (χ1v) is 11.9. The van der Waals surface area contributed by atoms with Crippen LogP contribution >= 0.6 is 0 Å². The van der Waals surface area contributed by atoms with Crippen molar-refractivity contribution in [3.63, 3.8) is 0 Å². The molecule has 11 heteroatoms. The van der Waals surface area contributed by atoms with Crippen molar-refractivity contribution >= 4 is 26.6 Å². The molecule has 0 saturated heterocycles. The summed E-state index contributed by atoms with van der Waals surface area (Å²) in [5, 5.41) is 0.126. The second kappa shape index (κ2) is 10.1. The molecular formula is C25H18F3N3O4S. The van der Waals surface area contributed by atoms with Gasteiger partial charge in [-0.3, -0.25) is 14.7 Å². The number of sulfonamides is 1. The Morgan fingerprint density at radius 1 is 0.944 bits per heavy atom. The number of benzene rings is 2. The Balaban J connectivity index is 1.70. The zero-order chi connectivity index (χ0) is 25.8. The van der Waals surface area contributed by atoms with Gasteiger partial charge >= 0.3 is 6.18 Å². The third-order valence-electron chi connectivity index (χ3n) is 4.88. The summed E-state index contributed by atoms with van der Waals surface area (Å²) in [4.78, 5) is 7.87. The number of hydrogen-bond acceptors (Lipinski definition) is 6. The molecule has 0 bridgehead atoms. The van der Waals surface area contributed by atoms with Crippen LogP contribution < -0.4 is 14.2 Å². The van der Waals surface area contributed by atoms with Gasteiger partial charge in [0.2, 0.25) is 0 Å². The molecule has 1 N–H and O–H groups in total. The number of aromatic nitrogens is 2. The van der Waals surface area contributed by atoms with E-state index in [1.54, 1.807) is 36.5 Å². The highest BCUT2D eigenvalue weighted by atomic mass is 32.2. The average Bonchev–Trinajstić information content (AvgIpc) is 2.86. The van der Waals surface area contributed by atoms with Crippen molar-refractivity contribution in [3.8, 4) is 23.3 Å². The summed E-state index contributed by atoms with van der Waals surface area (Å²) in [5.41, 5.74) is 1.07. The third-order valence-corrected chi connectivity index (χ3v) is 6.27. The molecule has 0 amide bonds. The fourth-order valence-electron chi connectivity index (χ4n) is 3.29. The van der Waals surface area contributed by atoms with Crippen molar-refractivity contribution in [2.24, 2.45) is 0 Å². The highest BCUT2D eigenvalue weighted by Gasteiger charge is 2.29. The third kappa shape index (κ3) is 5.67. The lowest BCUT2D eigenvalue weighted by atomic mass is 10.1. The Hall–Kier alpha value is -4.30. The van der Waals surface area contributed by atoms with Gasteiger partial charge in [-0.2, -0.15) is 13.2 Å². The molecule has 4 rings (SSSR count). The topological polar surface area (TPSA) is 90.4 Å². The Labute approximate surface area is 205 Å². The molecule has 2 aromatic carbocycles. The van der Waals surface area contributed by atoms with Crippen LogP contribution in [0, 0.1) is 11.8 Å². The van der Waals surface area contributed by atoms with Crippen LogP contribution in [0.1, 0.15) is 11.1 Å². The van der Waals surface area contributed by atoms with E-state index in [0.29, 0.717) is 16.9 Å². The number of anilines is 1. The molecule has 0 unspecified atom stereocenters. The SMILES string of the molecule is COc1ccncc1C#Cc1ccccc1NS(=O)(=O)c1ccc(OCC(F)(F)F)c2cccnc12. The van der Waals surface area contributed by atoms with E-state index in [2.05, 4.69) is 26.5 Å². The number of methoxy groups -OCH3 is 1. The Morgan fingerprint density at radius 3 is 2.50 bits per heavy atom. The molecule has 7 nitrogen and oxygen atoms in total. The van der Waals surface area contributed by atoms with Crippen molar-refractivity contribution in [2.45, 2.75) is 11.1 Å². The van der Waals surface area contributed by atoms with E-state index in [1.165, 1.54) is 37.7 Å². The minimum absolute atomic E-state index is 0.0339. The van der Waals surface area contributed by atoms with Gasteiger partial charge in [-0.15, -0.1) is 0 Å². The van der Waals surface area contributed by atoms with Gasteiger partial charge in [-0.25, -0.2) is 8.42 Å². The molecule has 4 aromatic rings. The minimum Gasteiger partial charge on any atom is -0.495 e. The van der Waals surface area contributed by atoms with Gasteiger partial charge in [0.25, 0.3) is 10.0 Å². The van der Waals surface area contributed by atoms with E-state index in [-0.39, 0.29) is 27.2 Å². The molecule has 0 aliphatic heterocycles. The lowest BCUT2D eigenvalue weighted by Gasteiger charge is -2.14. The predicted octanol–water partition coefficient (Wildman–Crippen LogP) is 4.78. The molecule has 2 heterocycles. The normalized spacial score (nSPS) is 11.4. The fraction of sp³-hybridized carbons (Fsp3) is 0.120. The molecule has 0 spiro atoms. The second-order valence-corrected chi connectivity index (χ2v) is 8.99. The number of hydrogen-bond donors (Lipinski definition) is 1. The molecule has 0 radical (unpaired) electrons. The van der Waals surface area contributed by atoms with Crippen LogP contribution in [0.3, 0.4) is 0 Å². The Morgan fingerprint density at radius 2 is 1.72 bits per heavy atom. The van der Waals surface area contributed by atoms with Crippen LogP contribution in [0.25, 0.3) is 10.9 Å². The van der Waals surface area contributed by atoms with Crippen LogP contribution in [0.4, 0.5) is 18.9 Å². The van der Waals surface area contributed by atoms with E-state index in [9.17, 15) is 21.6 Å². The smallest absolute Gasteiger partial charge is 0.422 e. The van der Waals surface area contributed by atoms with E-state index < -0.39 is 22.8 Å². The molecule has 36 heavy (non-hydrogen) atoms. The fourth-order valence-corrected chi connectivity index (χ4v) is 4.53. The highest BCUT2D eigenvalue weighted by Crippen LogP contribution is 2.32. The molecule has 184 valence electrons. The number of ether oxygens (including phenoxy) is 2. The average molecular weight is 513 g/mol. The number of pyridine rings is 2. The maximum Gasteiger partial charge on any atom is 0.422 e. The monoisotopic (exact) mass is 513 g/mol. The van der Waals surface area contributed by atoms with Gasteiger partial charge < -0.3 is 9.47 Å². The lowest BCUT2D eigenvalue weighted by molar-refractivity contribution is -0.153. The second-order valence-electron chi connectivity index (χ2n) is 7.34. The first kappa shape index (κ1) is 24.8. The van der Waals surface area contributed by atoms with Crippen LogP contribution in [-0.2, 0) is 10.0 Å². The number of halogens is 3. The molecule has 0 aliphatic rings. The molecule has 0 atom stereocenters. The highest BCUT2D eigenvalue weighted by molar-refractivity contribution is 7.93. The van der Waals surface area contributed by atoms with Gasteiger partial charge in [-0.1, -0.05) is 24.0 Å². The van der Waals surface area contributed by atoms with E-state index >= 15 is 0 Å². The van der Waals surface area contributed by atoms with Gasteiger partial charge in [-0.05, 0) is 42.5 Å². The van der Waals surface area contributed by atoms with Crippen molar-refractivity contribution in [3.05, 3.63) is 84.3 Å². The number of para-hydroxylation sites is 1.